The van der Waals surface area contributed by atoms with Crippen LogP contribution in [-0.2, 0) is 10.0 Å². The van der Waals surface area contributed by atoms with Gasteiger partial charge in [0, 0.05) is 26.7 Å². The van der Waals surface area contributed by atoms with E-state index >= 15 is 0 Å². The maximum absolute atomic E-state index is 12.8. The van der Waals surface area contributed by atoms with Crippen LogP contribution in [0, 0.1) is 13.8 Å². The molecule has 146 valence electrons. The molecule has 0 heterocycles. The van der Waals surface area contributed by atoms with Crippen molar-refractivity contribution in [1.29, 1.82) is 0 Å². The highest BCUT2D eigenvalue weighted by Crippen LogP contribution is 2.19. The highest BCUT2D eigenvalue weighted by atomic mass is 32.2. The van der Waals surface area contributed by atoms with Gasteiger partial charge in [-0.1, -0.05) is 18.2 Å². The van der Waals surface area contributed by atoms with Crippen LogP contribution in [-0.4, -0.2) is 57.8 Å². The summed E-state index contributed by atoms with van der Waals surface area (Å²) >= 11 is 0. The lowest BCUT2D eigenvalue weighted by Crippen LogP contribution is -2.31. The molecule has 6 nitrogen and oxygen atoms in total. The molecule has 2 aromatic rings. The van der Waals surface area contributed by atoms with E-state index in [0.717, 1.165) is 21.2 Å². The van der Waals surface area contributed by atoms with E-state index < -0.39 is 10.0 Å². The van der Waals surface area contributed by atoms with Crippen molar-refractivity contribution >= 4 is 15.9 Å². The van der Waals surface area contributed by atoms with Crippen LogP contribution in [0.1, 0.15) is 21.5 Å². The average Bonchev–Trinajstić information content (AvgIpc) is 2.61. The van der Waals surface area contributed by atoms with Crippen LogP contribution in [0.25, 0.3) is 0 Å². The highest BCUT2D eigenvalue weighted by molar-refractivity contribution is 7.89. The second kappa shape index (κ2) is 8.54. The molecule has 27 heavy (non-hydrogen) atoms. The molecule has 0 radical (unpaired) electrons. The Hall–Kier alpha value is -2.38. The van der Waals surface area contributed by atoms with Gasteiger partial charge in [-0.15, -0.1) is 0 Å². The van der Waals surface area contributed by atoms with Crippen LogP contribution in [0.2, 0.25) is 0 Å². The van der Waals surface area contributed by atoms with Crippen LogP contribution < -0.4 is 4.74 Å². The van der Waals surface area contributed by atoms with Crippen LogP contribution in [0.3, 0.4) is 0 Å². The molecule has 7 heteroatoms. The second-order valence-electron chi connectivity index (χ2n) is 6.66. The highest BCUT2D eigenvalue weighted by Gasteiger charge is 2.21. The third-order valence-electron chi connectivity index (χ3n) is 4.25. The number of hydrogen-bond acceptors (Lipinski definition) is 4. The standard InChI is InChI=1S/C20H26N2O4S/c1-15-7-6-8-17(13-15)26-12-11-22(5)20(23)19-14-18(10-9-16(19)2)27(24,25)21(3)4/h6-10,13-14H,11-12H2,1-5H3. The first-order valence-corrected chi connectivity index (χ1v) is 10.0. The van der Waals surface area contributed by atoms with Crippen molar-refractivity contribution in [2.45, 2.75) is 18.7 Å². The molecule has 0 aromatic heterocycles. The van der Waals surface area contributed by atoms with Crippen molar-refractivity contribution in [3.63, 3.8) is 0 Å². The van der Waals surface area contributed by atoms with Crippen LogP contribution in [0.15, 0.2) is 47.4 Å². The number of hydrogen-bond donors (Lipinski definition) is 0. The van der Waals surface area contributed by atoms with Gasteiger partial charge in [0.2, 0.25) is 10.0 Å². The van der Waals surface area contributed by atoms with E-state index in [2.05, 4.69) is 0 Å². The molecular weight excluding hydrogens is 364 g/mol. The minimum absolute atomic E-state index is 0.103. The zero-order chi connectivity index (χ0) is 20.2. The minimum Gasteiger partial charge on any atom is -0.492 e. The Balaban J connectivity index is 2.09. The summed E-state index contributed by atoms with van der Waals surface area (Å²) in [4.78, 5) is 14.4. The molecule has 0 aliphatic heterocycles. The smallest absolute Gasteiger partial charge is 0.254 e. The van der Waals surface area contributed by atoms with Gasteiger partial charge in [0.15, 0.2) is 0 Å². The fraction of sp³-hybridized carbons (Fsp3) is 0.350. The zero-order valence-corrected chi connectivity index (χ0v) is 17.2. The molecule has 2 rings (SSSR count). The molecule has 0 N–H and O–H groups in total. The molecule has 0 fully saturated rings. The first-order valence-electron chi connectivity index (χ1n) is 8.61. The molecule has 0 saturated carbocycles. The predicted octanol–water partition coefficient (Wildman–Crippen LogP) is 2.70. The van der Waals surface area contributed by atoms with E-state index in [9.17, 15) is 13.2 Å². The zero-order valence-electron chi connectivity index (χ0n) is 16.4. The maximum atomic E-state index is 12.8. The molecule has 0 aliphatic rings. The first-order chi connectivity index (χ1) is 12.6. The van der Waals surface area contributed by atoms with Crippen molar-refractivity contribution in [2.75, 3.05) is 34.3 Å². The topological polar surface area (TPSA) is 66.9 Å². The third kappa shape index (κ3) is 5.08. The average molecular weight is 391 g/mol. The van der Waals surface area contributed by atoms with Gasteiger partial charge in [-0.25, -0.2) is 12.7 Å². The Bertz CT molecular complexity index is 923. The maximum Gasteiger partial charge on any atom is 0.254 e. The number of carbonyl (C=O) groups is 1. The summed E-state index contributed by atoms with van der Waals surface area (Å²) < 4.78 is 31.5. The fourth-order valence-electron chi connectivity index (χ4n) is 2.52. The number of aryl methyl sites for hydroxylation is 2. The summed E-state index contributed by atoms with van der Waals surface area (Å²) in [5.41, 5.74) is 2.20. The van der Waals surface area contributed by atoms with Crippen molar-refractivity contribution in [2.24, 2.45) is 0 Å². The van der Waals surface area contributed by atoms with Crippen molar-refractivity contribution in [3.05, 3.63) is 59.2 Å². The number of sulfonamides is 1. The molecule has 0 atom stereocenters. The molecule has 0 aliphatic carbocycles. The van der Waals surface area contributed by atoms with Gasteiger partial charge in [-0.2, -0.15) is 0 Å². The number of rotatable bonds is 7. The Kier molecular flexibility index (Phi) is 6.62. The number of amides is 1. The normalized spacial score (nSPS) is 11.5. The van der Waals surface area contributed by atoms with Gasteiger partial charge >= 0.3 is 0 Å². The summed E-state index contributed by atoms with van der Waals surface area (Å²) in [6, 6.07) is 12.3. The van der Waals surface area contributed by atoms with E-state index in [-0.39, 0.29) is 10.8 Å². The molecule has 0 unspecified atom stereocenters. The second-order valence-corrected chi connectivity index (χ2v) is 8.81. The summed E-state index contributed by atoms with van der Waals surface area (Å²) in [5, 5.41) is 0. The molecule has 2 aromatic carbocycles. The first kappa shape index (κ1) is 20.9. The molecule has 0 saturated heterocycles. The Morgan fingerprint density at radius 1 is 1.04 bits per heavy atom. The van der Waals surface area contributed by atoms with Gasteiger partial charge in [-0.05, 0) is 49.2 Å². The lowest BCUT2D eigenvalue weighted by atomic mass is 10.1. The number of likely N-dealkylation sites (N-methyl/N-ethyl adjacent to an activating group) is 1. The van der Waals surface area contributed by atoms with Crippen LogP contribution >= 0.6 is 0 Å². The predicted molar refractivity (Wildman–Crippen MR) is 106 cm³/mol. The SMILES string of the molecule is Cc1cccc(OCCN(C)C(=O)c2cc(S(=O)(=O)N(C)C)ccc2C)c1. The van der Waals surface area contributed by atoms with Gasteiger partial charge < -0.3 is 9.64 Å². The quantitative estimate of drug-likeness (QED) is 0.729. The fourth-order valence-corrected chi connectivity index (χ4v) is 3.44. The summed E-state index contributed by atoms with van der Waals surface area (Å²) in [6.07, 6.45) is 0. The van der Waals surface area contributed by atoms with Crippen molar-refractivity contribution in [3.8, 4) is 5.75 Å². The van der Waals surface area contributed by atoms with Crippen LogP contribution in [0.5, 0.6) is 5.75 Å². The Morgan fingerprint density at radius 3 is 2.37 bits per heavy atom. The van der Waals surface area contributed by atoms with E-state index in [0.29, 0.717) is 18.7 Å². The lowest BCUT2D eigenvalue weighted by Gasteiger charge is -2.20. The Morgan fingerprint density at radius 2 is 1.74 bits per heavy atom. The molecule has 1 amide bonds. The lowest BCUT2D eigenvalue weighted by molar-refractivity contribution is 0.0772. The summed E-state index contributed by atoms with van der Waals surface area (Å²) in [6.45, 7) is 4.51. The number of benzene rings is 2. The summed E-state index contributed by atoms with van der Waals surface area (Å²) in [5.74, 6) is 0.516. The number of nitrogens with zero attached hydrogens (tertiary/aromatic N) is 2. The number of carbonyl (C=O) groups excluding carboxylic acids is 1. The molecule has 0 spiro atoms. The van der Waals surface area contributed by atoms with Gasteiger partial charge in [0.1, 0.15) is 12.4 Å². The van der Waals surface area contributed by atoms with Gasteiger partial charge in [-0.3, -0.25) is 4.79 Å². The Labute approximate surface area is 161 Å². The van der Waals surface area contributed by atoms with Crippen molar-refractivity contribution < 1.29 is 17.9 Å². The van der Waals surface area contributed by atoms with E-state index in [1.807, 2.05) is 31.2 Å². The monoisotopic (exact) mass is 390 g/mol. The van der Waals surface area contributed by atoms with Crippen molar-refractivity contribution in [1.82, 2.24) is 9.21 Å². The minimum atomic E-state index is -3.59. The largest absolute Gasteiger partial charge is 0.492 e. The van der Waals surface area contributed by atoms with Gasteiger partial charge in [0.25, 0.3) is 5.91 Å². The van der Waals surface area contributed by atoms with Crippen LogP contribution in [0.4, 0.5) is 0 Å². The third-order valence-corrected chi connectivity index (χ3v) is 6.06. The van der Waals surface area contributed by atoms with E-state index in [4.69, 9.17) is 4.74 Å². The van der Waals surface area contributed by atoms with Gasteiger partial charge in [0.05, 0.1) is 11.4 Å². The molecule has 0 bridgehead atoms. The molecular formula is C20H26N2O4S. The van der Waals surface area contributed by atoms with E-state index in [1.165, 1.54) is 31.1 Å². The number of ether oxygens (including phenoxy) is 1. The van der Waals surface area contributed by atoms with E-state index in [1.54, 1.807) is 20.0 Å². The summed E-state index contributed by atoms with van der Waals surface area (Å²) in [7, 11) is 1.01.